The first-order valence-electron chi connectivity index (χ1n) is 26.6. The lowest BCUT2D eigenvalue weighted by atomic mass is 9.77. The molecule has 3 amide bonds. The normalized spacial score (nSPS) is 34.7. The van der Waals surface area contributed by atoms with Crippen LogP contribution in [0.1, 0.15) is 106 Å². The molecule has 0 spiro atoms. The number of amides is 3. The number of aliphatic hydroxyl groups excluding tert-OH is 2. The van der Waals surface area contributed by atoms with Crippen LogP contribution in [0.15, 0.2) is 60.7 Å². The van der Waals surface area contributed by atoms with Gasteiger partial charge in [-0.3, -0.25) is 30.0 Å². The molecule has 17 atom stereocenters. The number of benzene rings is 2. The molecule has 3 saturated heterocycles. The number of hydrazine groups is 1. The van der Waals surface area contributed by atoms with Gasteiger partial charge in [0.05, 0.1) is 40.9 Å². The van der Waals surface area contributed by atoms with Crippen LogP contribution in [0.3, 0.4) is 0 Å². The van der Waals surface area contributed by atoms with E-state index in [-0.39, 0.29) is 49.6 Å². The molecule has 2 aromatic rings. The fourth-order valence-corrected chi connectivity index (χ4v) is 10.9. The molecule has 0 saturated carbocycles. The van der Waals surface area contributed by atoms with E-state index in [0.717, 1.165) is 11.6 Å². The van der Waals surface area contributed by atoms with Crippen molar-refractivity contribution in [2.75, 3.05) is 27.7 Å². The van der Waals surface area contributed by atoms with Crippen LogP contribution in [-0.4, -0.2) is 167 Å². The largest absolute Gasteiger partial charge is 0.459 e. The molecule has 2 aromatic carbocycles. The molecular weight excluding hydrogens is 1000 g/mol. The van der Waals surface area contributed by atoms with Crippen LogP contribution in [0, 0.1) is 33.3 Å². The molecule has 3 fully saturated rings. The third-order valence-corrected chi connectivity index (χ3v) is 15.1. The minimum Gasteiger partial charge on any atom is -0.459 e. The molecule has 430 valence electrons. The standard InChI is InChI=1S/C55H84N6O16/c1-14-41-45(64)47(75-52(66)56-29-38-18-16-15-17-19-38)35(6)60(13)30-31(2)27-55(10,68)48(76-51-44(63)40(59(11)12)26-32(3)71-51)33(4)46(34(5)50(65)73-41)74-43-28-54(8,9)49(36(7)72-43)77-53(67)58-57-42(62)25-22-37-20-23-39(24-21-37)61(69)70/h15-25,31-36,40-41,43-49,51,63-64,68H,14,26-30H2,1-13H3,(H,56,66)(H,57,62)(H,58,67)/b25-22+/t31-,32-,33+,34-,35-,36+,40+,41-,43+,44-,45+,46+,47-,48-,49+,51+,55+/m1/s1. The minimum atomic E-state index is -1.69. The van der Waals surface area contributed by atoms with Crippen molar-refractivity contribution in [3.05, 3.63) is 81.9 Å². The Morgan fingerprint density at radius 1 is 0.883 bits per heavy atom. The summed E-state index contributed by atoms with van der Waals surface area (Å²) in [7, 11) is 5.53. The number of nitrogens with zero attached hydrogens (tertiary/aromatic N) is 3. The average molecular weight is 1090 g/mol. The van der Waals surface area contributed by atoms with Crippen molar-refractivity contribution in [1.29, 1.82) is 0 Å². The van der Waals surface area contributed by atoms with Crippen LogP contribution in [0.2, 0.25) is 0 Å². The van der Waals surface area contributed by atoms with E-state index in [0.29, 0.717) is 18.5 Å². The van der Waals surface area contributed by atoms with E-state index >= 15 is 0 Å². The fraction of sp³-hybridized carbons (Fsp3) is 0.673. The van der Waals surface area contributed by atoms with E-state index < -0.39 is 119 Å². The maximum Gasteiger partial charge on any atom is 0.426 e. The molecule has 6 N–H and O–H groups in total. The highest BCUT2D eigenvalue weighted by molar-refractivity contribution is 5.92. The van der Waals surface area contributed by atoms with Crippen LogP contribution in [0.25, 0.3) is 6.08 Å². The van der Waals surface area contributed by atoms with Crippen molar-refractivity contribution >= 4 is 35.8 Å². The Labute approximate surface area is 452 Å². The van der Waals surface area contributed by atoms with Gasteiger partial charge < -0.3 is 58.7 Å². The second kappa shape index (κ2) is 27.5. The van der Waals surface area contributed by atoms with Gasteiger partial charge >= 0.3 is 18.2 Å². The number of aliphatic hydroxyl groups is 3. The van der Waals surface area contributed by atoms with Crippen LogP contribution < -0.4 is 16.2 Å². The second-order valence-electron chi connectivity index (χ2n) is 22.4. The molecule has 3 aliphatic heterocycles. The van der Waals surface area contributed by atoms with Crippen molar-refractivity contribution < 1.29 is 72.6 Å². The molecule has 5 rings (SSSR count). The number of carbonyl (C=O) groups is 4. The Balaban J connectivity index is 1.43. The third kappa shape index (κ3) is 17.1. The smallest absolute Gasteiger partial charge is 0.426 e. The number of nitro groups is 1. The highest BCUT2D eigenvalue weighted by Gasteiger charge is 2.52. The summed E-state index contributed by atoms with van der Waals surface area (Å²) in [6.45, 7) is 18.3. The Hall–Kier alpha value is -5.30. The summed E-state index contributed by atoms with van der Waals surface area (Å²) in [5.74, 6) is -3.76. The van der Waals surface area contributed by atoms with Gasteiger partial charge in [-0.05, 0) is 110 Å². The summed E-state index contributed by atoms with van der Waals surface area (Å²) in [6, 6.07) is 13.8. The summed E-state index contributed by atoms with van der Waals surface area (Å²) < 4.78 is 44.5. The first-order valence-corrected chi connectivity index (χ1v) is 26.6. The molecule has 22 heteroatoms. The van der Waals surface area contributed by atoms with Gasteiger partial charge in [0, 0.05) is 61.1 Å². The predicted molar refractivity (Wildman–Crippen MR) is 283 cm³/mol. The SMILES string of the molecule is CC[C@H]1OC(=O)[C@H](C)[C@@H](O[C@H]2CC(C)(C)[C@@H](OC(=O)NNC(=O)/C=C/c3ccc([N+](=O)[O-])cc3)[C@H](C)O2)[C@H](C)[C@@H](O[C@@H]2O[C@H](C)C[C@H](N(C)C)[C@H]2O)[C@@](C)(O)C[C@@H](C)CN(C)[C@H](C)[C@@H](OC(=O)NCc2ccccc2)[C@H]1O. The first kappa shape index (κ1) is 62.5. The van der Waals surface area contributed by atoms with Gasteiger partial charge in [0.25, 0.3) is 11.6 Å². The van der Waals surface area contributed by atoms with Crippen molar-refractivity contribution in [3.8, 4) is 0 Å². The van der Waals surface area contributed by atoms with Crippen LogP contribution >= 0.6 is 0 Å². The lowest BCUT2D eigenvalue weighted by molar-refractivity contribution is -0.384. The van der Waals surface area contributed by atoms with Gasteiger partial charge in [0.15, 0.2) is 12.6 Å². The van der Waals surface area contributed by atoms with Gasteiger partial charge in [-0.2, -0.15) is 0 Å². The molecule has 22 nitrogen and oxygen atoms in total. The van der Waals surface area contributed by atoms with E-state index in [9.17, 15) is 44.6 Å². The van der Waals surface area contributed by atoms with Crippen molar-refractivity contribution in [3.63, 3.8) is 0 Å². The molecular formula is C55H84N6O16. The maximum absolute atomic E-state index is 14.8. The van der Waals surface area contributed by atoms with Crippen molar-refractivity contribution in [2.24, 2.45) is 23.2 Å². The first-order chi connectivity index (χ1) is 36.1. The number of alkyl carbamates (subject to hydrolysis) is 1. The Kier molecular flexibility index (Phi) is 22.4. The van der Waals surface area contributed by atoms with Crippen LogP contribution in [0.5, 0.6) is 0 Å². The number of esters is 1. The minimum absolute atomic E-state index is 0.105. The zero-order chi connectivity index (χ0) is 57.1. The second-order valence-corrected chi connectivity index (χ2v) is 22.4. The number of carbonyl (C=O) groups excluding carboxylic acids is 4. The number of likely N-dealkylation sites (N-methyl/N-ethyl adjacent to an activating group) is 2. The Bertz CT molecular complexity index is 2290. The van der Waals surface area contributed by atoms with E-state index in [1.54, 1.807) is 41.5 Å². The van der Waals surface area contributed by atoms with E-state index in [4.69, 9.17) is 33.2 Å². The summed E-state index contributed by atoms with van der Waals surface area (Å²) in [4.78, 5) is 68.3. The van der Waals surface area contributed by atoms with Gasteiger partial charge in [-0.25, -0.2) is 15.0 Å². The summed E-state index contributed by atoms with van der Waals surface area (Å²) in [5.41, 5.74) is 3.18. The highest BCUT2D eigenvalue weighted by atomic mass is 16.7. The zero-order valence-corrected chi connectivity index (χ0v) is 46.8. The Morgan fingerprint density at radius 2 is 1.55 bits per heavy atom. The quantitative estimate of drug-likeness (QED) is 0.0478. The number of hydrogen-bond donors (Lipinski definition) is 6. The number of nitrogens with one attached hydrogen (secondary N) is 3. The molecule has 0 bridgehead atoms. The van der Waals surface area contributed by atoms with Crippen LogP contribution in [-0.2, 0) is 49.3 Å². The third-order valence-electron chi connectivity index (χ3n) is 15.1. The monoisotopic (exact) mass is 1080 g/mol. The summed E-state index contributed by atoms with van der Waals surface area (Å²) >= 11 is 0. The number of ether oxygens (including phenoxy) is 7. The summed E-state index contributed by atoms with van der Waals surface area (Å²) in [6.07, 6.45) is -9.93. The lowest BCUT2D eigenvalue weighted by Gasteiger charge is -2.49. The highest BCUT2D eigenvalue weighted by Crippen LogP contribution is 2.42. The van der Waals surface area contributed by atoms with Crippen molar-refractivity contribution in [1.82, 2.24) is 26.0 Å². The molecule has 3 aliphatic rings. The molecule has 0 aliphatic carbocycles. The molecule has 3 heterocycles. The summed E-state index contributed by atoms with van der Waals surface area (Å²) in [5, 5.41) is 50.6. The molecule has 0 unspecified atom stereocenters. The van der Waals surface area contributed by atoms with Gasteiger partial charge in [0.2, 0.25) is 0 Å². The number of non-ortho nitro benzene ring substituents is 1. The van der Waals surface area contributed by atoms with Gasteiger partial charge in [-0.1, -0.05) is 65.0 Å². The van der Waals surface area contributed by atoms with Gasteiger partial charge in [0.1, 0.15) is 30.5 Å². The van der Waals surface area contributed by atoms with E-state index in [1.807, 2.05) is 89.0 Å². The fourth-order valence-electron chi connectivity index (χ4n) is 10.9. The maximum atomic E-state index is 14.8. The average Bonchev–Trinajstić information content (AvgIpc) is 3.36. The zero-order valence-electron chi connectivity index (χ0n) is 46.8. The van der Waals surface area contributed by atoms with Crippen molar-refractivity contribution in [2.45, 2.75) is 187 Å². The van der Waals surface area contributed by atoms with Crippen LogP contribution in [0.4, 0.5) is 15.3 Å². The Morgan fingerprint density at radius 3 is 2.16 bits per heavy atom. The number of cyclic esters (lactones) is 1. The number of rotatable bonds is 13. The number of hydrogen-bond acceptors (Lipinski definition) is 18. The molecule has 77 heavy (non-hydrogen) atoms. The lowest BCUT2D eigenvalue weighted by Crippen LogP contribution is -2.60. The van der Waals surface area contributed by atoms with E-state index in [2.05, 4.69) is 16.2 Å². The number of nitro benzene ring substituents is 1. The molecule has 0 radical (unpaired) electrons. The van der Waals surface area contributed by atoms with E-state index in [1.165, 1.54) is 30.3 Å². The molecule has 0 aromatic heterocycles. The predicted octanol–water partition coefficient (Wildman–Crippen LogP) is 5.45. The van der Waals surface area contributed by atoms with Gasteiger partial charge in [-0.15, -0.1) is 0 Å². The topological polar surface area (TPSA) is 279 Å².